The van der Waals surface area contributed by atoms with E-state index in [0.717, 1.165) is 6.07 Å². The molecule has 1 aliphatic heterocycles. The van der Waals surface area contributed by atoms with Crippen molar-refractivity contribution < 1.29 is 18.0 Å². The summed E-state index contributed by atoms with van der Waals surface area (Å²) in [5.74, 6) is -0.258. The molecule has 0 radical (unpaired) electrons. The van der Waals surface area contributed by atoms with Crippen molar-refractivity contribution in [2.45, 2.75) is 12.7 Å². The van der Waals surface area contributed by atoms with Gasteiger partial charge in [0, 0.05) is 11.3 Å². The van der Waals surface area contributed by atoms with Crippen molar-refractivity contribution in [1.82, 2.24) is 3.53 Å². The molecule has 0 bridgehead atoms. The fourth-order valence-electron chi connectivity index (χ4n) is 2.44. The molecular formula is C16H12ClF3IN5O. The molecule has 0 atom stereocenters. The molecule has 0 saturated carbocycles. The van der Waals surface area contributed by atoms with Crippen LogP contribution in [0, 0.1) is 0 Å². The van der Waals surface area contributed by atoms with Crippen molar-refractivity contribution in [1.29, 1.82) is 0 Å². The Morgan fingerprint density at radius 1 is 1.30 bits per heavy atom. The summed E-state index contributed by atoms with van der Waals surface area (Å²) in [6, 6.07) is 6.64. The number of benzene rings is 2. The van der Waals surface area contributed by atoms with Gasteiger partial charge in [-0.2, -0.15) is 13.2 Å². The number of carbonyl (C=O) groups excluding carboxylic acids is 1. The number of carbonyl (C=O) groups is 1. The third-order valence-corrected chi connectivity index (χ3v) is 5.47. The number of rotatable bonds is 3. The van der Waals surface area contributed by atoms with Gasteiger partial charge in [-0.05, 0) is 29.8 Å². The van der Waals surface area contributed by atoms with Gasteiger partial charge in [0.2, 0.25) is 0 Å². The first-order chi connectivity index (χ1) is 12.7. The van der Waals surface area contributed by atoms with Gasteiger partial charge in [-0.15, -0.1) is 0 Å². The standard InChI is InChI=1S/C16H12ClF3IN5O/c17-12-2-1-7(3-11(12)16(18,19)20)6-24-15-10-5-8(22)4-9(14(23)27)13(10)25-21-26-15/h1-5H,6,22H2,(H2,23,27)(H,24,25,26). The lowest BCUT2D eigenvalue weighted by atomic mass is 10.0. The third kappa shape index (κ3) is 4.21. The minimum absolute atomic E-state index is 0.0214. The zero-order valence-electron chi connectivity index (χ0n) is 13.4. The number of nitrogens with one attached hydrogen (secondary N) is 1. The largest absolute Gasteiger partial charge is 0.417 e. The fourth-order valence-corrected chi connectivity index (χ4v) is 4.24. The first-order valence-corrected chi connectivity index (χ1v) is 9.83. The molecule has 6 nitrogen and oxygen atoms in total. The van der Waals surface area contributed by atoms with E-state index >= 15 is 0 Å². The lowest BCUT2D eigenvalue weighted by Gasteiger charge is -2.16. The van der Waals surface area contributed by atoms with Crippen LogP contribution >= 0.6 is 32.9 Å². The number of primary amides is 1. The van der Waals surface area contributed by atoms with E-state index in [1.807, 2.05) is 0 Å². The Morgan fingerprint density at radius 3 is 2.70 bits per heavy atom. The minimum Gasteiger partial charge on any atom is -0.399 e. The van der Waals surface area contributed by atoms with Crippen molar-refractivity contribution in [3.05, 3.63) is 57.6 Å². The van der Waals surface area contributed by atoms with Crippen LogP contribution in [0.3, 0.4) is 0 Å². The van der Waals surface area contributed by atoms with Gasteiger partial charge in [0.15, 0.2) is 0 Å². The van der Waals surface area contributed by atoms with Gasteiger partial charge >= 0.3 is 6.18 Å². The van der Waals surface area contributed by atoms with Gasteiger partial charge in [-0.3, -0.25) is 9.79 Å². The molecular weight excluding hydrogens is 498 g/mol. The highest BCUT2D eigenvalue weighted by atomic mass is 127. The van der Waals surface area contributed by atoms with Gasteiger partial charge in [-0.1, -0.05) is 17.7 Å². The minimum atomic E-state index is -4.55. The number of alkyl halides is 3. The van der Waals surface area contributed by atoms with Gasteiger partial charge in [0.1, 0.15) is 27.1 Å². The molecule has 142 valence electrons. The number of halogens is 5. The van der Waals surface area contributed by atoms with Gasteiger partial charge in [-0.25, -0.2) is 3.15 Å². The van der Waals surface area contributed by atoms with Crippen molar-refractivity contribution >= 4 is 56.0 Å². The number of nitrogen functional groups attached to an aromatic ring is 1. The maximum atomic E-state index is 13.0. The van der Waals surface area contributed by atoms with Crippen LogP contribution < -0.4 is 15.0 Å². The van der Waals surface area contributed by atoms with Crippen molar-refractivity contribution in [3.8, 4) is 0 Å². The van der Waals surface area contributed by atoms with E-state index in [-0.39, 0.29) is 17.1 Å². The molecule has 27 heavy (non-hydrogen) atoms. The summed E-state index contributed by atoms with van der Waals surface area (Å²) >= 11 is 4.74. The number of fused-ring (bicyclic) bond motifs is 1. The number of amides is 1. The molecule has 0 saturated heterocycles. The number of aliphatic imine (C=N–C) groups is 1. The van der Waals surface area contributed by atoms with Crippen molar-refractivity contribution in [2.75, 3.05) is 5.73 Å². The molecule has 3 rings (SSSR count). The fraction of sp³-hybridized carbons (Fsp3) is 0.125. The Morgan fingerprint density at radius 2 is 2.04 bits per heavy atom. The van der Waals surface area contributed by atoms with Gasteiger partial charge in [0.25, 0.3) is 5.91 Å². The Kier molecular flexibility index (Phi) is 5.38. The number of amidine groups is 1. The Bertz CT molecular complexity index is 991. The van der Waals surface area contributed by atoms with Crippen LogP contribution in [-0.4, -0.2) is 11.7 Å². The van der Waals surface area contributed by atoms with Crippen LogP contribution in [0.2, 0.25) is 5.02 Å². The summed E-state index contributed by atoms with van der Waals surface area (Å²) in [6.07, 6.45) is -4.55. The predicted molar refractivity (Wildman–Crippen MR) is 105 cm³/mol. The van der Waals surface area contributed by atoms with Crippen LogP contribution in [0.1, 0.15) is 27.0 Å². The van der Waals surface area contributed by atoms with E-state index in [4.69, 9.17) is 23.1 Å². The van der Waals surface area contributed by atoms with Crippen molar-refractivity contribution in [3.63, 3.8) is 0 Å². The summed E-state index contributed by atoms with van der Waals surface area (Å²) in [5, 5.41) is -0.372. The lowest BCUT2D eigenvalue weighted by Crippen LogP contribution is -2.21. The van der Waals surface area contributed by atoms with E-state index < -0.39 is 39.0 Å². The molecule has 0 unspecified atom stereocenters. The molecule has 11 heteroatoms. The molecule has 2 aromatic rings. The highest BCUT2D eigenvalue weighted by molar-refractivity contribution is 14.1. The molecule has 0 aliphatic carbocycles. The zero-order valence-corrected chi connectivity index (χ0v) is 16.4. The first-order valence-electron chi connectivity index (χ1n) is 7.41. The molecule has 5 N–H and O–H groups in total. The Labute approximate surface area is 167 Å². The van der Waals surface area contributed by atoms with Crippen LogP contribution in [0.4, 0.5) is 24.5 Å². The second kappa shape index (κ2) is 7.43. The second-order valence-corrected chi connectivity index (χ2v) is 7.48. The highest BCUT2D eigenvalue weighted by Gasteiger charge is 2.33. The van der Waals surface area contributed by atoms with Crippen molar-refractivity contribution in [2.24, 2.45) is 13.9 Å². The smallest absolute Gasteiger partial charge is 0.399 e. The van der Waals surface area contributed by atoms with Crippen LogP contribution in [-0.2, 0) is 12.7 Å². The Balaban J connectivity index is 1.97. The van der Waals surface area contributed by atoms with Gasteiger partial charge < -0.3 is 15.0 Å². The quantitative estimate of drug-likeness (QED) is 0.326. The second-order valence-electron chi connectivity index (χ2n) is 5.57. The van der Waals surface area contributed by atoms with Gasteiger partial charge in [0.05, 0.1) is 28.4 Å². The number of hydrogen-bond acceptors (Lipinski definition) is 4. The monoisotopic (exact) mass is 509 g/mol. The summed E-state index contributed by atoms with van der Waals surface area (Å²) in [6.45, 7) is -0.0214. The van der Waals surface area contributed by atoms with Crippen LogP contribution in [0.15, 0.2) is 38.5 Å². The maximum Gasteiger partial charge on any atom is 0.417 e. The summed E-state index contributed by atoms with van der Waals surface area (Å²) in [4.78, 5) is 16.0. The molecule has 0 aromatic heterocycles. The Hall–Kier alpha value is -2.21. The number of nitrogens with zero attached hydrogens (tertiary/aromatic N) is 2. The summed E-state index contributed by atoms with van der Waals surface area (Å²) in [7, 11) is 0. The molecule has 0 fully saturated rings. The van der Waals surface area contributed by atoms with E-state index in [1.54, 1.807) is 6.07 Å². The zero-order chi connectivity index (χ0) is 19.8. The third-order valence-electron chi connectivity index (χ3n) is 3.67. The first kappa shape index (κ1) is 19.5. The maximum absolute atomic E-state index is 13.0. The number of nitrogens with two attached hydrogens (primary N) is 2. The molecule has 1 amide bonds. The topological polar surface area (TPSA) is 106 Å². The molecule has 2 aromatic carbocycles. The van der Waals surface area contributed by atoms with Crippen LogP contribution in [0.5, 0.6) is 0 Å². The molecule has 1 aliphatic rings. The summed E-state index contributed by atoms with van der Waals surface area (Å²) in [5.41, 5.74) is 12.0. The SMILES string of the molecule is NC(=O)c1cc(N)cc2c1N=INC2=NCc1ccc(Cl)c(C(F)(F)F)c1. The van der Waals surface area contributed by atoms with E-state index in [2.05, 4.69) is 11.7 Å². The predicted octanol–water partition coefficient (Wildman–Crippen LogP) is 4.29. The van der Waals surface area contributed by atoms with E-state index in [1.165, 1.54) is 18.2 Å². The lowest BCUT2D eigenvalue weighted by molar-refractivity contribution is -0.137. The van der Waals surface area contributed by atoms with E-state index in [9.17, 15) is 18.0 Å². The van der Waals surface area contributed by atoms with E-state index in [0.29, 0.717) is 28.3 Å². The van der Waals surface area contributed by atoms with Crippen LogP contribution in [0.25, 0.3) is 0 Å². The highest BCUT2D eigenvalue weighted by Crippen LogP contribution is 2.36. The number of hydrogen-bond donors (Lipinski definition) is 3. The normalized spacial score (nSPS) is 15.0. The summed E-state index contributed by atoms with van der Waals surface area (Å²) < 4.78 is 46.3. The molecule has 1 heterocycles. The number of anilines is 1. The average Bonchev–Trinajstić information content (AvgIpc) is 2.59. The molecule has 0 spiro atoms. The average molecular weight is 510 g/mol.